The van der Waals surface area contributed by atoms with Crippen LogP contribution in [-0.2, 0) is 4.79 Å². The SMILES string of the molecule is CC(C)N1CCC[C@H](Br)C1=O. The smallest absolute Gasteiger partial charge is 0.236 e. The van der Waals surface area contributed by atoms with Crippen molar-refractivity contribution in [3.63, 3.8) is 0 Å². The molecule has 1 aliphatic heterocycles. The Bertz CT molecular complexity index is 158. The van der Waals surface area contributed by atoms with Gasteiger partial charge in [-0.05, 0) is 26.7 Å². The Kier molecular flexibility index (Phi) is 2.93. The van der Waals surface area contributed by atoms with E-state index in [1.54, 1.807) is 0 Å². The first-order chi connectivity index (χ1) is 5.13. The van der Waals surface area contributed by atoms with Crippen LogP contribution in [0, 0.1) is 0 Å². The molecule has 1 rings (SSSR count). The van der Waals surface area contributed by atoms with E-state index < -0.39 is 0 Å². The minimum Gasteiger partial charge on any atom is -0.339 e. The Morgan fingerprint density at radius 3 is 2.73 bits per heavy atom. The fraction of sp³-hybridized carbons (Fsp3) is 0.875. The molecule has 1 fully saturated rings. The molecule has 1 atom stereocenters. The Morgan fingerprint density at radius 1 is 1.64 bits per heavy atom. The lowest BCUT2D eigenvalue weighted by Crippen LogP contribution is -2.45. The first kappa shape index (κ1) is 9.04. The van der Waals surface area contributed by atoms with E-state index >= 15 is 0 Å². The molecule has 0 saturated carbocycles. The number of rotatable bonds is 1. The molecule has 1 amide bonds. The molecule has 1 saturated heterocycles. The molecular weight excluding hydrogens is 206 g/mol. The zero-order chi connectivity index (χ0) is 8.43. The van der Waals surface area contributed by atoms with Gasteiger partial charge in [0, 0.05) is 12.6 Å². The number of carbonyl (C=O) groups excluding carboxylic acids is 1. The first-order valence-corrected chi connectivity index (χ1v) is 4.99. The van der Waals surface area contributed by atoms with E-state index in [0.29, 0.717) is 6.04 Å². The van der Waals surface area contributed by atoms with Gasteiger partial charge in [0.25, 0.3) is 0 Å². The fourth-order valence-corrected chi connectivity index (χ4v) is 1.95. The van der Waals surface area contributed by atoms with E-state index in [4.69, 9.17) is 0 Å². The largest absolute Gasteiger partial charge is 0.339 e. The molecule has 1 heterocycles. The number of halogens is 1. The topological polar surface area (TPSA) is 20.3 Å². The van der Waals surface area contributed by atoms with Crippen LogP contribution >= 0.6 is 15.9 Å². The molecule has 0 N–H and O–H groups in total. The second-order valence-corrected chi connectivity index (χ2v) is 4.34. The molecule has 0 unspecified atom stereocenters. The highest BCUT2D eigenvalue weighted by Gasteiger charge is 2.27. The van der Waals surface area contributed by atoms with Gasteiger partial charge in [-0.2, -0.15) is 0 Å². The maximum Gasteiger partial charge on any atom is 0.236 e. The number of nitrogens with zero attached hydrogens (tertiary/aromatic N) is 1. The van der Waals surface area contributed by atoms with Crippen LogP contribution in [0.3, 0.4) is 0 Å². The summed E-state index contributed by atoms with van der Waals surface area (Å²) in [5.74, 6) is 0.256. The Hall–Kier alpha value is -0.0500. The summed E-state index contributed by atoms with van der Waals surface area (Å²) in [7, 11) is 0. The molecule has 2 nitrogen and oxygen atoms in total. The monoisotopic (exact) mass is 219 g/mol. The second kappa shape index (κ2) is 3.57. The number of carbonyl (C=O) groups is 1. The molecule has 11 heavy (non-hydrogen) atoms. The van der Waals surface area contributed by atoms with Crippen molar-refractivity contribution in [3.8, 4) is 0 Å². The van der Waals surface area contributed by atoms with Crippen LogP contribution in [0.4, 0.5) is 0 Å². The van der Waals surface area contributed by atoms with Crippen molar-refractivity contribution in [1.82, 2.24) is 4.90 Å². The average molecular weight is 220 g/mol. The zero-order valence-corrected chi connectivity index (χ0v) is 8.60. The third kappa shape index (κ3) is 1.95. The van der Waals surface area contributed by atoms with E-state index in [1.807, 2.05) is 4.90 Å². The average Bonchev–Trinajstić information content (AvgIpc) is 1.94. The molecule has 0 spiro atoms. The van der Waals surface area contributed by atoms with Gasteiger partial charge in [0.2, 0.25) is 5.91 Å². The van der Waals surface area contributed by atoms with E-state index in [9.17, 15) is 4.79 Å². The van der Waals surface area contributed by atoms with Gasteiger partial charge in [-0.1, -0.05) is 15.9 Å². The lowest BCUT2D eigenvalue weighted by atomic mass is 10.1. The van der Waals surface area contributed by atoms with Gasteiger partial charge in [0.1, 0.15) is 0 Å². The summed E-state index contributed by atoms with van der Waals surface area (Å²) in [5, 5.41) is 0. The number of amides is 1. The molecule has 0 radical (unpaired) electrons. The highest BCUT2D eigenvalue weighted by molar-refractivity contribution is 9.10. The first-order valence-electron chi connectivity index (χ1n) is 4.07. The number of likely N-dealkylation sites (tertiary alicyclic amines) is 1. The van der Waals surface area contributed by atoms with Crippen LogP contribution in [0.25, 0.3) is 0 Å². The van der Waals surface area contributed by atoms with Gasteiger partial charge in [-0.25, -0.2) is 0 Å². The lowest BCUT2D eigenvalue weighted by molar-refractivity contribution is -0.134. The highest BCUT2D eigenvalue weighted by atomic mass is 79.9. The van der Waals surface area contributed by atoms with Crippen molar-refractivity contribution in [1.29, 1.82) is 0 Å². The van der Waals surface area contributed by atoms with Crippen LogP contribution in [0.1, 0.15) is 26.7 Å². The minimum atomic E-state index is 0.0682. The summed E-state index contributed by atoms with van der Waals surface area (Å²) in [5.41, 5.74) is 0. The minimum absolute atomic E-state index is 0.0682. The van der Waals surface area contributed by atoms with Crippen molar-refractivity contribution in [2.45, 2.75) is 37.6 Å². The van der Waals surface area contributed by atoms with E-state index in [1.165, 1.54) is 0 Å². The molecule has 0 bridgehead atoms. The molecule has 0 aromatic carbocycles. The summed E-state index contributed by atoms with van der Waals surface area (Å²) in [4.78, 5) is 13.4. The fourth-order valence-electron chi connectivity index (χ4n) is 1.37. The summed E-state index contributed by atoms with van der Waals surface area (Å²) >= 11 is 3.37. The van der Waals surface area contributed by atoms with Gasteiger partial charge >= 0.3 is 0 Å². The molecule has 0 aromatic heterocycles. The van der Waals surface area contributed by atoms with Crippen LogP contribution in [0.15, 0.2) is 0 Å². The maximum atomic E-state index is 11.4. The predicted molar refractivity (Wildman–Crippen MR) is 48.8 cm³/mol. The van der Waals surface area contributed by atoms with Gasteiger partial charge in [0.05, 0.1) is 4.83 Å². The Labute approximate surface area is 76.1 Å². The summed E-state index contributed by atoms with van der Waals surface area (Å²) < 4.78 is 0. The number of hydrogen-bond acceptors (Lipinski definition) is 1. The van der Waals surface area contributed by atoms with Crippen LogP contribution in [-0.4, -0.2) is 28.2 Å². The van der Waals surface area contributed by atoms with Crippen molar-refractivity contribution in [2.24, 2.45) is 0 Å². The highest BCUT2D eigenvalue weighted by Crippen LogP contribution is 2.19. The van der Waals surface area contributed by atoms with Crippen LogP contribution < -0.4 is 0 Å². The van der Waals surface area contributed by atoms with Gasteiger partial charge < -0.3 is 4.90 Å². The number of alkyl halides is 1. The van der Waals surface area contributed by atoms with Crippen molar-refractivity contribution < 1.29 is 4.79 Å². The molecule has 0 aliphatic carbocycles. The Balaban J connectivity index is 2.58. The maximum absolute atomic E-state index is 11.4. The zero-order valence-electron chi connectivity index (χ0n) is 7.01. The standard InChI is InChI=1S/C8H14BrNO/c1-6(2)10-5-3-4-7(9)8(10)11/h6-7H,3-5H2,1-2H3/t7-/m0/s1. The van der Waals surface area contributed by atoms with Gasteiger partial charge in [-0.3, -0.25) is 4.79 Å². The van der Waals surface area contributed by atoms with Crippen LogP contribution in [0.5, 0.6) is 0 Å². The van der Waals surface area contributed by atoms with E-state index in [2.05, 4.69) is 29.8 Å². The lowest BCUT2D eigenvalue weighted by Gasteiger charge is -2.32. The molecule has 1 aliphatic rings. The summed E-state index contributed by atoms with van der Waals surface area (Å²) in [6.07, 6.45) is 2.11. The molecule has 3 heteroatoms. The van der Waals surface area contributed by atoms with Crippen LogP contribution in [0.2, 0.25) is 0 Å². The number of hydrogen-bond donors (Lipinski definition) is 0. The molecular formula is C8H14BrNO. The van der Waals surface area contributed by atoms with Gasteiger partial charge in [0.15, 0.2) is 0 Å². The van der Waals surface area contributed by atoms with Gasteiger partial charge in [-0.15, -0.1) is 0 Å². The predicted octanol–water partition coefficient (Wildman–Crippen LogP) is 1.78. The third-order valence-electron chi connectivity index (χ3n) is 2.03. The third-order valence-corrected chi connectivity index (χ3v) is 2.88. The second-order valence-electron chi connectivity index (χ2n) is 3.24. The van der Waals surface area contributed by atoms with E-state index in [-0.39, 0.29) is 10.7 Å². The number of piperidine rings is 1. The molecule has 64 valence electrons. The molecule has 0 aromatic rings. The summed E-state index contributed by atoms with van der Waals surface area (Å²) in [6.45, 7) is 5.05. The quantitative estimate of drug-likeness (QED) is 0.617. The normalized spacial score (nSPS) is 26.4. The Morgan fingerprint density at radius 2 is 2.27 bits per heavy atom. The van der Waals surface area contributed by atoms with Crippen molar-refractivity contribution in [3.05, 3.63) is 0 Å². The summed E-state index contributed by atoms with van der Waals surface area (Å²) in [6, 6.07) is 0.350. The van der Waals surface area contributed by atoms with Crippen molar-refractivity contribution >= 4 is 21.8 Å². The van der Waals surface area contributed by atoms with E-state index in [0.717, 1.165) is 19.4 Å². The van der Waals surface area contributed by atoms with Crippen molar-refractivity contribution in [2.75, 3.05) is 6.54 Å².